The minimum absolute atomic E-state index is 0.318. The summed E-state index contributed by atoms with van der Waals surface area (Å²) in [5, 5.41) is 6.47. The molecule has 1 aromatic rings. The molecule has 1 rings (SSSR count). The summed E-state index contributed by atoms with van der Waals surface area (Å²) >= 11 is 0. The number of nitrogens with zero attached hydrogens (tertiary/aromatic N) is 1. The van der Waals surface area contributed by atoms with Crippen LogP contribution >= 0.6 is 0 Å². The van der Waals surface area contributed by atoms with Gasteiger partial charge in [-0.05, 0) is 24.6 Å². The highest BCUT2D eigenvalue weighted by molar-refractivity contribution is 5.85. The molecule has 4 N–H and O–H groups in total. The molecule has 0 aliphatic heterocycles. The Kier molecular flexibility index (Phi) is 5.66. The summed E-state index contributed by atoms with van der Waals surface area (Å²) < 4.78 is 5.04. The van der Waals surface area contributed by atoms with Gasteiger partial charge in [-0.15, -0.1) is 0 Å². The van der Waals surface area contributed by atoms with Gasteiger partial charge in [0.15, 0.2) is 0 Å². The average Bonchev–Trinajstić information content (AvgIpc) is 2.42. The molecule has 0 atom stereocenters. The number of hydrogen-bond acceptors (Lipinski definition) is 4. The molecule has 1 aromatic carbocycles. The Bertz CT molecular complexity index is 415. The van der Waals surface area contributed by atoms with Crippen molar-refractivity contribution in [3.05, 3.63) is 29.8 Å². The Balaban J connectivity index is 2.37. The number of benzene rings is 1. The molecule has 0 spiro atoms. The number of carbonyl (C=O) groups is 1. The van der Waals surface area contributed by atoms with E-state index in [0.29, 0.717) is 18.8 Å². The predicted molar refractivity (Wildman–Crippen MR) is 70.5 cm³/mol. The van der Waals surface area contributed by atoms with Crippen LogP contribution in [0.25, 0.3) is 0 Å². The van der Waals surface area contributed by atoms with E-state index in [4.69, 9.17) is 10.5 Å². The molecule has 0 saturated carbocycles. The van der Waals surface area contributed by atoms with Gasteiger partial charge in [0.2, 0.25) is 0 Å². The zero-order valence-corrected chi connectivity index (χ0v) is 10.6. The van der Waals surface area contributed by atoms with E-state index in [2.05, 4.69) is 15.8 Å². The van der Waals surface area contributed by atoms with Crippen molar-refractivity contribution in [2.75, 3.05) is 13.7 Å². The van der Waals surface area contributed by atoms with Crippen molar-refractivity contribution >= 4 is 11.7 Å². The molecular formula is C12H18N4O2. The summed E-state index contributed by atoms with van der Waals surface area (Å²) in [7, 11) is 1.61. The second kappa shape index (κ2) is 7.29. The van der Waals surface area contributed by atoms with E-state index >= 15 is 0 Å². The van der Waals surface area contributed by atoms with Crippen LogP contribution in [0.3, 0.4) is 0 Å². The molecular weight excluding hydrogens is 232 g/mol. The molecule has 0 bridgehead atoms. The maximum absolute atomic E-state index is 11.4. The lowest BCUT2D eigenvalue weighted by Gasteiger charge is -2.06. The lowest BCUT2D eigenvalue weighted by Crippen LogP contribution is -2.32. The van der Waals surface area contributed by atoms with Crippen molar-refractivity contribution in [3.8, 4) is 5.75 Å². The Labute approximate surface area is 106 Å². The SMILES string of the molecule is COc1ccc(CNC(=O)N/N=C(\C)CN)cc1. The van der Waals surface area contributed by atoms with E-state index < -0.39 is 0 Å². The van der Waals surface area contributed by atoms with Gasteiger partial charge in [0, 0.05) is 18.8 Å². The highest BCUT2D eigenvalue weighted by Crippen LogP contribution is 2.10. The fourth-order valence-corrected chi connectivity index (χ4v) is 1.16. The molecule has 6 heteroatoms. The Morgan fingerprint density at radius 3 is 2.61 bits per heavy atom. The van der Waals surface area contributed by atoms with Crippen molar-refractivity contribution in [1.29, 1.82) is 0 Å². The number of ether oxygens (including phenoxy) is 1. The van der Waals surface area contributed by atoms with Crippen LogP contribution in [-0.4, -0.2) is 25.4 Å². The second-order valence-corrected chi connectivity index (χ2v) is 3.69. The van der Waals surface area contributed by atoms with Gasteiger partial charge in [-0.2, -0.15) is 5.10 Å². The highest BCUT2D eigenvalue weighted by atomic mass is 16.5. The first-order valence-electron chi connectivity index (χ1n) is 5.55. The Morgan fingerprint density at radius 2 is 2.06 bits per heavy atom. The van der Waals surface area contributed by atoms with Gasteiger partial charge < -0.3 is 15.8 Å². The monoisotopic (exact) mass is 250 g/mol. The number of methoxy groups -OCH3 is 1. The molecule has 0 heterocycles. The largest absolute Gasteiger partial charge is 0.497 e. The van der Waals surface area contributed by atoms with Gasteiger partial charge in [0.05, 0.1) is 7.11 Å². The van der Waals surface area contributed by atoms with Crippen LogP contribution in [0.5, 0.6) is 5.75 Å². The van der Waals surface area contributed by atoms with Crippen molar-refractivity contribution in [3.63, 3.8) is 0 Å². The number of nitrogens with two attached hydrogens (primary N) is 1. The van der Waals surface area contributed by atoms with Crippen molar-refractivity contribution in [1.82, 2.24) is 10.7 Å². The lowest BCUT2D eigenvalue weighted by molar-refractivity contribution is 0.241. The second-order valence-electron chi connectivity index (χ2n) is 3.69. The number of hydrazone groups is 1. The number of amides is 2. The fraction of sp³-hybridized carbons (Fsp3) is 0.333. The summed E-state index contributed by atoms with van der Waals surface area (Å²) in [6.07, 6.45) is 0. The fourth-order valence-electron chi connectivity index (χ4n) is 1.16. The smallest absolute Gasteiger partial charge is 0.335 e. The molecule has 0 aliphatic carbocycles. The van der Waals surface area contributed by atoms with Crippen LogP contribution in [-0.2, 0) is 6.54 Å². The van der Waals surface area contributed by atoms with E-state index in [-0.39, 0.29) is 6.03 Å². The van der Waals surface area contributed by atoms with E-state index in [1.54, 1.807) is 14.0 Å². The van der Waals surface area contributed by atoms with Crippen LogP contribution in [0.4, 0.5) is 4.79 Å². The zero-order chi connectivity index (χ0) is 13.4. The van der Waals surface area contributed by atoms with Crippen LogP contribution in [0.2, 0.25) is 0 Å². The molecule has 0 aromatic heterocycles. The third-order valence-corrected chi connectivity index (χ3v) is 2.26. The van der Waals surface area contributed by atoms with E-state index in [9.17, 15) is 4.79 Å². The molecule has 18 heavy (non-hydrogen) atoms. The lowest BCUT2D eigenvalue weighted by atomic mass is 10.2. The maximum Gasteiger partial charge on any atom is 0.335 e. The highest BCUT2D eigenvalue weighted by Gasteiger charge is 1.99. The minimum Gasteiger partial charge on any atom is -0.497 e. The van der Waals surface area contributed by atoms with E-state index in [0.717, 1.165) is 11.3 Å². The molecule has 0 saturated heterocycles. The summed E-state index contributed by atoms with van der Waals surface area (Å²) in [4.78, 5) is 11.4. The molecule has 6 nitrogen and oxygen atoms in total. The average molecular weight is 250 g/mol. The van der Waals surface area contributed by atoms with Gasteiger partial charge in [0.25, 0.3) is 0 Å². The molecule has 0 radical (unpaired) electrons. The summed E-state index contributed by atoms with van der Waals surface area (Å²) in [5.41, 5.74) is 9.33. The first-order valence-corrected chi connectivity index (χ1v) is 5.55. The predicted octanol–water partition coefficient (Wildman–Crippen LogP) is 0.829. The van der Waals surface area contributed by atoms with Gasteiger partial charge in [0.1, 0.15) is 5.75 Å². The molecule has 0 unspecified atom stereocenters. The standard InChI is InChI=1S/C12H18N4O2/c1-9(7-13)15-16-12(17)14-8-10-3-5-11(18-2)6-4-10/h3-6H,7-8,13H2,1-2H3,(H2,14,16,17)/b15-9+. The van der Waals surface area contributed by atoms with Gasteiger partial charge >= 0.3 is 6.03 Å². The van der Waals surface area contributed by atoms with Crippen LogP contribution in [0.1, 0.15) is 12.5 Å². The molecule has 98 valence electrons. The normalized spacial score (nSPS) is 10.9. The summed E-state index contributed by atoms with van der Waals surface area (Å²) in [5.74, 6) is 0.784. The van der Waals surface area contributed by atoms with Gasteiger partial charge in [-0.25, -0.2) is 10.2 Å². The van der Waals surface area contributed by atoms with E-state index in [1.165, 1.54) is 0 Å². The van der Waals surface area contributed by atoms with Gasteiger partial charge in [-0.1, -0.05) is 12.1 Å². The van der Waals surface area contributed by atoms with Crippen LogP contribution in [0, 0.1) is 0 Å². The minimum atomic E-state index is -0.362. The number of carbonyl (C=O) groups excluding carboxylic acids is 1. The van der Waals surface area contributed by atoms with Crippen LogP contribution in [0.15, 0.2) is 29.4 Å². The molecule has 2 amide bonds. The third-order valence-electron chi connectivity index (χ3n) is 2.26. The van der Waals surface area contributed by atoms with Crippen molar-refractivity contribution in [2.24, 2.45) is 10.8 Å². The number of nitrogens with one attached hydrogen (secondary N) is 2. The number of rotatable bonds is 5. The number of hydrogen-bond donors (Lipinski definition) is 3. The first-order chi connectivity index (χ1) is 8.65. The maximum atomic E-state index is 11.4. The quantitative estimate of drug-likeness (QED) is 0.534. The Hall–Kier alpha value is -2.08. The molecule has 0 aliphatic rings. The van der Waals surface area contributed by atoms with Crippen LogP contribution < -0.4 is 21.2 Å². The van der Waals surface area contributed by atoms with E-state index in [1.807, 2.05) is 24.3 Å². The zero-order valence-electron chi connectivity index (χ0n) is 10.6. The van der Waals surface area contributed by atoms with Crippen molar-refractivity contribution in [2.45, 2.75) is 13.5 Å². The van der Waals surface area contributed by atoms with Gasteiger partial charge in [-0.3, -0.25) is 0 Å². The topological polar surface area (TPSA) is 88.7 Å². The number of urea groups is 1. The third kappa shape index (κ3) is 4.84. The first kappa shape index (κ1) is 14.0. The molecule has 0 fully saturated rings. The Morgan fingerprint density at radius 1 is 1.39 bits per heavy atom. The summed E-state index contributed by atoms with van der Waals surface area (Å²) in [6.45, 7) is 2.48. The van der Waals surface area contributed by atoms with Crippen molar-refractivity contribution < 1.29 is 9.53 Å². The summed E-state index contributed by atoms with van der Waals surface area (Å²) in [6, 6.07) is 7.08.